The lowest BCUT2D eigenvalue weighted by Crippen LogP contribution is -2.48. The van der Waals surface area contributed by atoms with Crippen molar-refractivity contribution in [3.05, 3.63) is 60.4 Å². The van der Waals surface area contributed by atoms with Gasteiger partial charge in [-0.25, -0.2) is 24.3 Å². The van der Waals surface area contributed by atoms with Crippen LogP contribution in [0.2, 0.25) is 0 Å². The summed E-state index contributed by atoms with van der Waals surface area (Å²) in [6, 6.07) is 8.55. The van der Waals surface area contributed by atoms with Gasteiger partial charge in [-0.15, -0.1) is 0 Å². The highest BCUT2D eigenvalue weighted by Gasteiger charge is 2.20. The Balaban J connectivity index is 1.31. The summed E-state index contributed by atoms with van der Waals surface area (Å²) in [6.07, 6.45) is 6.73. The van der Waals surface area contributed by atoms with Gasteiger partial charge in [-0.2, -0.15) is 0 Å². The molecule has 0 unspecified atom stereocenters. The van der Waals surface area contributed by atoms with Crippen molar-refractivity contribution in [3.63, 3.8) is 0 Å². The van der Waals surface area contributed by atoms with Crippen LogP contribution >= 0.6 is 0 Å². The minimum Gasteiger partial charge on any atom is -0.329 e. The van der Waals surface area contributed by atoms with Crippen molar-refractivity contribution in [1.29, 1.82) is 0 Å². The summed E-state index contributed by atoms with van der Waals surface area (Å²) in [5.74, 6) is 0.436. The molecule has 1 aliphatic heterocycles. The molecule has 4 aromatic rings. The molecule has 0 aromatic carbocycles. The Morgan fingerprint density at radius 2 is 1.75 bits per heavy atom. The monoisotopic (exact) mass is 488 g/mol. The Labute approximate surface area is 211 Å². The van der Waals surface area contributed by atoms with E-state index in [-0.39, 0.29) is 11.7 Å². The van der Waals surface area contributed by atoms with Crippen molar-refractivity contribution in [2.45, 2.75) is 46.3 Å². The zero-order valence-corrected chi connectivity index (χ0v) is 21.3. The molecule has 1 fully saturated rings. The Morgan fingerprint density at radius 3 is 2.44 bits per heavy atom. The predicted molar refractivity (Wildman–Crippen MR) is 141 cm³/mol. The molecule has 36 heavy (non-hydrogen) atoms. The van der Waals surface area contributed by atoms with E-state index in [0.29, 0.717) is 23.4 Å². The third-order valence-corrected chi connectivity index (χ3v) is 6.75. The van der Waals surface area contributed by atoms with E-state index < -0.39 is 5.82 Å². The van der Waals surface area contributed by atoms with Crippen molar-refractivity contribution in [2.75, 3.05) is 31.5 Å². The highest BCUT2D eigenvalue weighted by Crippen LogP contribution is 2.32. The average Bonchev–Trinajstić information content (AvgIpc) is 3.27. The summed E-state index contributed by atoms with van der Waals surface area (Å²) in [5.41, 5.74) is 2.89. The van der Waals surface area contributed by atoms with E-state index in [4.69, 9.17) is 0 Å². The molecule has 1 saturated heterocycles. The molecular formula is C27H33FN8. The lowest BCUT2D eigenvalue weighted by molar-refractivity contribution is 0.104. The number of piperazine rings is 1. The van der Waals surface area contributed by atoms with Crippen molar-refractivity contribution in [2.24, 2.45) is 0 Å². The molecule has 4 aromatic heterocycles. The number of nitrogens with zero attached hydrogens (tertiary/aromatic N) is 7. The maximum absolute atomic E-state index is 14.9. The van der Waals surface area contributed by atoms with E-state index in [1.165, 1.54) is 6.20 Å². The zero-order valence-electron chi connectivity index (χ0n) is 21.3. The number of anilines is 2. The molecule has 0 bridgehead atoms. The first-order chi connectivity index (χ1) is 17.4. The van der Waals surface area contributed by atoms with Gasteiger partial charge < -0.3 is 9.88 Å². The number of aromatic nitrogens is 5. The molecule has 0 amide bonds. The van der Waals surface area contributed by atoms with Crippen LogP contribution in [0.15, 0.2) is 49.1 Å². The zero-order chi connectivity index (χ0) is 25.2. The summed E-state index contributed by atoms with van der Waals surface area (Å²) >= 11 is 0. The first kappa shape index (κ1) is 24.3. The van der Waals surface area contributed by atoms with Gasteiger partial charge in [-0.05, 0) is 51.5 Å². The molecule has 1 aliphatic rings. The Hall–Kier alpha value is -3.43. The fourth-order valence-corrected chi connectivity index (χ4v) is 4.68. The van der Waals surface area contributed by atoms with Crippen LogP contribution in [0.3, 0.4) is 0 Å². The maximum atomic E-state index is 14.9. The molecule has 5 heterocycles. The fourth-order valence-electron chi connectivity index (χ4n) is 4.68. The highest BCUT2D eigenvalue weighted by atomic mass is 19.1. The van der Waals surface area contributed by atoms with Crippen molar-refractivity contribution in [3.8, 4) is 11.3 Å². The summed E-state index contributed by atoms with van der Waals surface area (Å²) in [4.78, 5) is 22.7. The van der Waals surface area contributed by atoms with Crippen molar-refractivity contribution < 1.29 is 4.39 Å². The standard InChI is InChI=1S/C27H33FN8/c1-18(2)35-12-10-34(11-13-35)16-20-7-8-24(30-14-20)32-27-31-15-23(28)25(33-27)22-17-36(19(3)4)26-21(22)6-5-9-29-26/h5-9,14-15,17-19H,10-13,16H2,1-4H3,(H,30,31,32,33). The van der Waals surface area contributed by atoms with E-state index in [1.807, 2.05) is 35.2 Å². The van der Waals surface area contributed by atoms with E-state index in [2.05, 4.69) is 68.8 Å². The molecule has 0 aliphatic carbocycles. The Bertz CT molecular complexity index is 1320. The minimum absolute atomic E-state index is 0.181. The van der Waals surface area contributed by atoms with Crippen LogP contribution in [0, 0.1) is 5.82 Å². The summed E-state index contributed by atoms with van der Waals surface area (Å²) < 4.78 is 16.9. The van der Waals surface area contributed by atoms with Crippen molar-refractivity contribution in [1.82, 2.24) is 34.3 Å². The van der Waals surface area contributed by atoms with Gasteiger partial charge in [-0.1, -0.05) is 6.07 Å². The van der Waals surface area contributed by atoms with Gasteiger partial charge >= 0.3 is 0 Å². The third-order valence-electron chi connectivity index (χ3n) is 6.75. The largest absolute Gasteiger partial charge is 0.329 e. The van der Waals surface area contributed by atoms with Gasteiger partial charge in [0.15, 0.2) is 5.82 Å². The van der Waals surface area contributed by atoms with E-state index in [0.717, 1.165) is 49.3 Å². The lowest BCUT2D eigenvalue weighted by atomic mass is 10.1. The van der Waals surface area contributed by atoms with Crippen LogP contribution in [0.25, 0.3) is 22.3 Å². The number of hydrogen-bond acceptors (Lipinski definition) is 7. The molecule has 0 spiro atoms. The SMILES string of the molecule is CC(C)N1CCN(Cc2ccc(Nc3ncc(F)c(-c4cn(C(C)C)c5ncccc45)n3)nc2)CC1. The number of pyridine rings is 2. The molecule has 0 radical (unpaired) electrons. The molecular weight excluding hydrogens is 455 g/mol. The molecule has 5 rings (SSSR count). The number of hydrogen-bond donors (Lipinski definition) is 1. The second-order valence-corrected chi connectivity index (χ2v) is 9.89. The highest BCUT2D eigenvalue weighted by molar-refractivity contribution is 5.93. The minimum atomic E-state index is -0.479. The van der Waals surface area contributed by atoms with Crippen LogP contribution in [0.1, 0.15) is 39.3 Å². The average molecular weight is 489 g/mol. The number of halogens is 1. The topological polar surface area (TPSA) is 75.0 Å². The number of nitrogens with one attached hydrogen (secondary N) is 1. The first-order valence-corrected chi connectivity index (χ1v) is 12.6. The van der Waals surface area contributed by atoms with E-state index >= 15 is 0 Å². The molecule has 1 N–H and O–H groups in total. The number of rotatable bonds is 7. The quantitative estimate of drug-likeness (QED) is 0.397. The molecule has 8 nitrogen and oxygen atoms in total. The van der Waals surface area contributed by atoms with Crippen LogP contribution < -0.4 is 5.32 Å². The van der Waals surface area contributed by atoms with Gasteiger partial charge in [0.2, 0.25) is 5.95 Å². The smallest absolute Gasteiger partial charge is 0.229 e. The van der Waals surface area contributed by atoms with Gasteiger partial charge in [-0.3, -0.25) is 9.80 Å². The van der Waals surface area contributed by atoms with Crippen LogP contribution in [-0.2, 0) is 6.54 Å². The van der Waals surface area contributed by atoms with Gasteiger partial charge in [0.1, 0.15) is 17.2 Å². The summed E-state index contributed by atoms with van der Waals surface area (Å²) in [5, 5.41) is 3.98. The maximum Gasteiger partial charge on any atom is 0.229 e. The Kier molecular flexibility index (Phi) is 6.93. The van der Waals surface area contributed by atoms with E-state index in [9.17, 15) is 4.39 Å². The van der Waals surface area contributed by atoms with Gasteiger partial charge in [0.05, 0.1) is 6.20 Å². The summed E-state index contributed by atoms with van der Waals surface area (Å²) in [7, 11) is 0. The molecule has 0 atom stereocenters. The second-order valence-electron chi connectivity index (χ2n) is 9.89. The van der Waals surface area contributed by atoms with Crippen LogP contribution in [-0.4, -0.2) is 66.5 Å². The van der Waals surface area contributed by atoms with E-state index in [1.54, 1.807) is 6.20 Å². The van der Waals surface area contributed by atoms with Crippen LogP contribution in [0.5, 0.6) is 0 Å². The fraction of sp³-hybridized carbons (Fsp3) is 0.407. The number of fused-ring (bicyclic) bond motifs is 1. The molecule has 0 saturated carbocycles. The lowest BCUT2D eigenvalue weighted by Gasteiger charge is -2.36. The predicted octanol–water partition coefficient (Wildman–Crippen LogP) is 4.88. The van der Waals surface area contributed by atoms with Gasteiger partial charge in [0, 0.05) is 74.3 Å². The second kappa shape index (κ2) is 10.3. The molecule has 9 heteroatoms. The van der Waals surface area contributed by atoms with Crippen molar-refractivity contribution >= 4 is 22.8 Å². The molecule has 188 valence electrons. The van der Waals surface area contributed by atoms with Gasteiger partial charge in [0.25, 0.3) is 0 Å². The third kappa shape index (κ3) is 5.08. The first-order valence-electron chi connectivity index (χ1n) is 12.6. The Morgan fingerprint density at radius 1 is 0.944 bits per heavy atom. The summed E-state index contributed by atoms with van der Waals surface area (Å²) in [6.45, 7) is 13.8. The van der Waals surface area contributed by atoms with Crippen LogP contribution in [0.4, 0.5) is 16.2 Å². The normalized spacial score (nSPS) is 15.3.